The number of likely N-dealkylation sites (N-methyl/N-ethyl adjacent to an activating group) is 2. The van der Waals surface area contributed by atoms with Gasteiger partial charge < -0.3 is 10.2 Å². The maximum atomic E-state index is 13.1. The van der Waals surface area contributed by atoms with Crippen molar-refractivity contribution in [2.24, 2.45) is 0 Å². The second kappa shape index (κ2) is 7.41. The Kier molecular flexibility index (Phi) is 5.82. The molecule has 0 bridgehead atoms. The van der Waals surface area contributed by atoms with Gasteiger partial charge in [-0.05, 0) is 37.6 Å². The van der Waals surface area contributed by atoms with Crippen molar-refractivity contribution in [1.82, 2.24) is 10.2 Å². The maximum absolute atomic E-state index is 13.1. The molecule has 0 saturated heterocycles. The summed E-state index contributed by atoms with van der Waals surface area (Å²) >= 11 is 3.55. The van der Waals surface area contributed by atoms with E-state index < -0.39 is 0 Å². The van der Waals surface area contributed by atoms with Crippen LogP contribution >= 0.6 is 15.9 Å². The lowest BCUT2D eigenvalue weighted by molar-refractivity contribution is -0.137. The van der Waals surface area contributed by atoms with E-state index >= 15 is 0 Å². The average molecular weight is 353 g/mol. The topological polar surface area (TPSA) is 32.3 Å². The fraction of sp³-hybridized carbons (Fsp3) is 0.588. The molecule has 0 radical (unpaired) electrons. The fourth-order valence-corrected chi connectivity index (χ4v) is 3.71. The molecule has 1 aliphatic rings. The second-order valence-corrected chi connectivity index (χ2v) is 6.90. The van der Waals surface area contributed by atoms with Crippen molar-refractivity contribution in [1.29, 1.82) is 0 Å². The van der Waals surface area contributed by atoms with E-state index in [0.717, 1.165) is 48.8 Å². The third-order valence-electron chi connectivity index (χ3n) is 4.54. The Balaban J connectivity index is 2.31. The molecule has 116 valence electrons. The predicted molar refractivity (Wildman–Crippen MR) is 90.5 cm³/mol. The van der Waals surface area contributed by atoms with Crippen LogP contribution in [0, 0.1) is 0 Å². The van der Waals surface area contributed by atoms with Crippen LogP contribution in [0.4, 0.5) is 0 Å². The number of nitrogens with one attached hydrogen (secondary N) is 1. The summed E-state index contributed by atoms with van der Waals surface area (Å²) in [6.45, 7) is 1.59. The summed E-state index contributed by atoms with van der Waals surface area (Å²) in [5.74, 6) is 0.274. The largest absolute Gasteiger partial charge is 0.344 e. The maximum Gasteiger partial charge on any atom is 0.233 e. The summed E-state index contributed by atoms with van der Waals surface area (Å²) in [4.78, 5) is 15.0. The molecule has 2 rings (SSSR count). The van der Waals surface area contributed by atoms with Crippen molar-refractivity contribution in [3.63, 3.8) is 0 Å². The third-order valence-corrected chi connectivity index (χ3v) is 5.03. The van der Waals surface area contributed by atoms with Crippen LogP contribution in [0.25, 0.3) is 0 Å². The number of carbonyl (C=O) groups is 1. The zero-order valence-corrected chi connectivity index (χ0v) is 14.6. The number of hydrogen-bond donors (Lipinski definition) is 1. The average Bonchev–Trinajstić information content (AvgIpc) is 2.52. The van der Waals surface area contributed by atoms with Crippen LogP contribution in [0.2, 0.25) is 0 Å². The molecule has 1 aliphatic carbocycles. The lowest BCUT2D eigenvalue weighted by Gasteiger charge is -2.39. The fourth-order valence-electron chi connectivity index (χ4n) is 3.31. The number of halogens is 1. The summed E-state index contributed by atoms with van der Waals surface area (Å²) < 4.78 is 1.05. The molecule has 1 N–H and O–H groups in total. The Morgan fingerprint density at radius 1 is 1.33 bits per heavy atom. The lowest BCUT2D eigenvalue weighted by atomic mass is 9.68. The van der Waals surface area contributed by atoms with Crippen molar-refractivity contribution in [2.45, 2.75) is 37.5 Å². The summed E-state index contributed by atoms with van der Waals surface area (Å²) in [5, 5.41) is 3.12. The van der Waals surface area contributed by atoms with E-state index in [1.807, 2.05) is 31.1 Å². The Morgan fingerprint density at radius 2 is 2.05 bits per heavy atom. The minimum absolute atomic E-state index is 0.274. The second-order valence-electron chi connectivity index (χ2n) is 5.98. The van der Waals surface area contributed by atoms with Crippen LogP contribution in [-0.2, 0) is 10.2 Å². The highest BCUT2D eigenvalue weighted by Crippen LogP contribution is 2.41. The monoisotopic (exact) mass is 352 g/mol. The van der Waals surface area contributed by atoms with E-state index in [4.69, 9.17) is 0 Å². The molecule has 0 aliphatic heterocycles. The minimum Gasteiger partial charge on any atom is -0.344 e. The molecule has 1 fully saturated rings. The first-order valence-electron chi connectivity index (χ1n) is 7.76. The molecule has 1 aromatic carbocycles. The summed E-state index contributed by atoms with van der Waals surface area (Å²) in [6.07, 6.45) is 5.44. The van der Waals surface area contributed by atoms with Gasteiger partial charge >= 0.3 is 0 Å². The first-order valence-corrected chi connectivity index (χ1v) is 8.56. The molecule has 4 heteroatoms. The Morgan fingerprint density at radius 3 is 2.67 bits per heavy atom. The molecule has 3 nitrogen and oxygen atoms in total. The van der Waals surface area contributed by atoms with E-state index in [-0.39, 0.29) is 11.3 Å². The van der Waals surface area contributed by atoms with Gasteiger partial charge in [-0.3, -0.25) is 4.79 Å². The predicted octanol–water partition coefficient (Wildman–Crippen LogP) is 3.33. The Labute approximate surface area is 136 Å². The van der Waals surface area contributed by atoms with Crippen LogP contribution in [0.3, 0.4) is 0 Å². The Bertz CT molecular complexity index is 483. The van der Waals surface area contributed by atoms with Gasteiger partial charge in [0, 0.05) is 24.6 Å². The number of benzene rings is 1. The van der Waals surface area contributed by atoms with E-state index in [1.165, 1.54) is 6.42 Å². The zero-order valence-electron chi connectivity index (χ0n) is 13.0. The molecule has 0 unspecified atom stereocenters. The van der Waals surface area contributed by atoms with E-state index in [9.17, 15) is 4.79 Å². The summed E-state index contributed by atoms with van der Waals surface area (Å²) in [5.41, 5.74) is 0.836. The van der Waals surface area contributed by atoms with Crippen molar-refractivity contribution >= 4 is 21.8 Å². The van der Waals surface area contributed by atoms with Crippen LogP contribution in [0.5, 0.6) is 0 Å². The van der Waals surface area contributed by atoms with Crippen LogP contribution in [-0.4, -0.2) is 38.0 Å². The molecule has 0 heterocycles. The van der Waals surface area contributed by atoms with Gasteiger partial charge in [-0.25, -0.2) is 0 Å². The van der Waals surface area contributed by atoms with Crippen molar-refractivity contribution in [3.05, 3.63) is 34.3 Å². The quantitative estimate of drug-likeness (QED) is 0.881. The smallest absolute Gasteiger partial charge is 0.233 e. The lowest BCUT2D eigenvalue weighted by Crippen LogP contribution is -2.48. The first-order chi connectivity index (χ1) is 10.1. The molecule has 0 atom stereocenters. The van der Waals surface area contributed by atoms with Gasteiger partial charge in [0.15, 0.2) is 0 Å². The molecular formula is C17H25BrN2O. The third kappa shape index (κ3) is 3.67. The zero-order chi connectivity index (χ0) is 15.3. The number of hydrogen-bond acceptors (Lipinski definition) is 2. The van der Waals surface area contributed by atoms with Gasteiger partial charge in [-0.2, -0.15) is 0 Å². The van der Waals surface area contributed by atoms with Gasteiger partial charge in [0.2, 0.25) is 5.91 Å². The van der Waals surface area contributed by atoms with Crippen LogP contribution < -0.4 is 5.32 Å². The van der Waals surface area contributed by atoms with Crippen molar-refractivity contribution < 1.29 is 4.79 Å². The van der Waals surface area contributed by atoms with Crippen LogP contribution in [0.1, 0.15) is 37.7 Å². The number of carbonyl (C=O) groups excluding carboxylic acids is 1. The van der Waals surface area contributed by atoms with E-state index in [0.29, 0.717) is 0 Å². The van der Waals surface area contributed by atoms with Gasteiger partial charge in [0.1, 0.15) is 0 Å². The summed E-state index contributed by atoms with van der Waals surface area (Å²) in [7, 11) is 3.84. The Hall–Kier alpha value is -0.870. The van der Waals surface area contributed by atoms with E-state index in [2.05, 4.69) is 33.4 Å². The standard InChI is InChI=1S/C17H25BrN2O/c1-19-11-12-20(2)16(21)17(9-4-3-5-10-17)14-7-6-8-15(18)13-14/h6-8,13,19H,3-5,9-12H2,1-2H3. The normalized spacial score (nSPS) is 17.5. The molecular weight excluding hydrogens is 328 g/mol. The molecule has 21 heavy (non-hydrogen) atoms. The molecule has 0 spiro atoms. The highest BCUT2D eigenvalue weighted by atomic mass is 79.9. The van der Waals surface area contributed by atoms with E-state index in [1.54, 1.807) is 0 Å². The number of rotatable bonds is 5. The molecule has 1 aromatic rings. The highest BCUT2D eigenvalue weighted by Gasteiger charge is 2.42. The number of amides is 1. The first kappa shape index (κ1) is 16.5. The van der Waals surface area contributed by atoms with Gasteiger partial charge in [-0.1, -0.05) is 47.3 Å². The van der Waals surface area contributed by atoms with Gasteiger partial charge in [0.05, 0.1) is 5.41 Å². The van der Waals surface area contributed by atoms with Crippen molar-refractivity contribution in [2.75, 3.05) is 27.2 Å². The summed E-state index contributed by atoms with van der Waals surface area (Å²) in [6, 6.07) is 8.29. The minimum atomic E-state index is -0.329. The van der Waals surface area contributed by atoms with Gasteiger partial charge in [-0.15, -0.1) is 0 Å². The molecule has 0 aromatic heterocycles. The molecule has 1 amide bonds. The van der Waals surface area contributed by atoms with Crippen molar-refractivity contribution in [3.8, 4) is 0 Å². The molecule has 1 saturated carbocycles. The van der Waals surface area contributed by atoms with Gasteiger partial charge in [0.25, 0.3) is 0 Å². The highest BCUT2D eigenvalue weighted by molar-refractivity contribution is 9.10. The number of nitrogens with zero attached hydrogens (tertiary/aromatic N) is 1. The van der Waals surface area contributed by atoms with Crippen LogP contribution in [0.15, 0.2) is 28.7 Å². The SMILES string of the molecule is CNCCN(C)C(=O)C1(c2cccc(Br)c2)CCCCC1.